The lowest BCUT2D eigenvalue weighted by atomic mass is 9.96. The molecule has 2 rings (SSSR count). The van der Waals surface area contributed by atoms with Crippen molar-refractivity contribution in [2.45, 2.75) is 26.2 Å². The van der Waals surface area contributed by atoms with E-state index in [-0.39, 0.29) is 5.41 Å². The van der Waals surface area contributed by atoms with Crippen LogP contribution in [0.25, 0.3) is 5.69 Å². The molecular formula is C11H13IN4. The Hall–Kier alpha value is -0.980. The van der Waals surface area contributed by atoms with E-state index in [0.717, 1.165) is 11.5 Å². The Labute approximate surface area is 108 Å². The predicted octanol–water partition coefficient (Wildman–Crippen LogP) is 2.56. The first kappa shape index (κ1) is 11.5. The summed E-state index contributed by atoms with van der Waals surface area (Å²) in [5.41, 5.74) is 0.937. The Bertz CT molecular complexity index is 499. The Morgan fingerprint density at radius 3 is 2.62 bits per heavy atom. The van der Waals surface area contributed by atoms with Crippen LogP contribution < -0.4 is 0 Å². The highest BCUT2D eigenvalue weighted by Crippen LogP contribution is 2.22. The van der Waals surface area contributed by atoms with Crippen LogP contribution >= 0.6 is 22.6 Å². The molecule has 0 spiro atoms. The zero-order valence-corrected chi connectivity index (χ0v) is 11.6. The molecule has 4 nitrogen and oxygen atoms in total. The van der Waals surface area contributed by atoms with E-state index in [1.807, 2.05) is 18.2 Å². The molecule has 0 atom stereocenters. The van der Waals surface area contributed by atoms with Gasteiger partial charge >= 0.3 is 0 Å². The summed E-state index contributed by atoms with van der Waals surface area (Å²) in [5.74, 6) is 0.870. The van der Waals surface area contributed by atoms with E-state index >= 15 is 0 Å². The van der Waals surface area contributed by atoms with E-state index in [0.29, 0.717) is 0 Å². The molecule has 5 heteroatoms. The summed E-state index contributed by atoms with van der Waals surface area (Å²) in [6.45, 7) is 6.30. The summed E-state index contributed by atoms with van der Waals surface area (Å²) in [6.07, 6.45) is 0. The van der Waals surface area contributed by atoms with Crippen LogP contribution in [0.5, 0.6) is 0 Å². The molecule has 2 aromatic rings. The maximum Gasteiger partial charge on any atom is 0.162 e. The number of nitrogens with zero attached hydrogens (tertiary/aromatic N) is 4. The molecule has 0 unspecified atom stereocenters. The first-order valence-electron chi connectivity index (χ1n) is 5.03. The van der Waals surface area contributed by atoms with Crippen molar-refractivity contribution in [3.63, 3.8) is 0 Å². The monoisotopic (exact) mass is 328 g/mol. The molecule has 1 aromatic carbocycles. The van der Waals surface area contributed by atoms with E-state index < -0.39 is 0 Å². The Morgan fingerprint density at radius 2 is 2.00 bits per heavy atom. The standard InChI is InChI=1S/C11H13IN4/c1-11(2,3)10-13-14-15-16(10)9-6-4-5-8(12)7-9/h4-7H,1-3H3. The van der Waals surface area contributed by atoms with E-state index in [4.69, 9.17) is 0 Å². The average molecular weight is 328 g/mol. The van der Waals surface area contributed by atoms with Crippen LogP contribution in [-0.2, 0) is 5.41 Å². The van der Waals surface area contributed by atoms with Crippen molar-refractivity contribution in [2.24, 2.45) is 0 Å². The predicted molar refractivity (Wildman–Crippen MR) is 70.6 cm³/mol. The molecular weight excluding hydrogens is 315 g/mol. The minimum Gasteiger partial charge on any atom is -0.197 e. The minimum absolute atomic E-state index is 0.0647. The second kappa shape index (κ2) is 4.12. The highest BCUT2D eigenvalue weighted by atomic mass is 127. The van der Waals surface area contributed by atoms with Gasteiger partial charge in [0.2, 0.25) is 0 Å². The number of hydrogen-bond donors (Lipinski definition) is 0. The van der Waals surface area contributed by atoms with Crippen LogP contribution in [0.2, 0.25) is 0 Å². The largest absolute Gasteiger partial charge is 0.197 e. The van der Waals surface area contributed by atoms with E-state index in [9.17, 15) is 0 Å². The topological polar surface area (TPSA) is 43.6 Å². The van der Waals surface area contributed by atoms with Gasteiger partial charge in [-0.15, -0.1) is 5.10 Å². The molecule has 0 saturated carbocycles. The Balaban J connectivity index is 2.53. The number of tetrazole rings is 1. The van der Waals surface area contributed by atoms with Gasteiger partial charge in [-0.3, -0.25) is 0 Å². The van der Waals surface area contributed by atoms with Gasteiger partial charge in [-0.1, -0.05) is 26.8 Å². The van der Waals surface area contributed by atoms with E-state index in [2.05, 4.69) is 65.0 Å². The van der Waals surface area contributed by atoms with Crippen LogP contribution in [0.1, 0.15) is 26.6 Å². The fourth-order valence-electron chi connectivity index (χ4n) is 1.44. The summed E-state index contributed by atoms with van der Waals surface area (Å²) >= 11 is 2.28. The van der Waals surface area contributed by atoms with Crippen molar-refractivity contribution in [3.05, 3.63) is 33.7 Å². The molecule has 0 N–H and O–H groups in total. The van der Waals surface area contributed by atoms with E-state index in [1.165, 1.54) is 3.57 Å². The summed E-state index contributed by atoms with van der Waals surface area (Å²) in [6, 6.07) is 8.12. The SMILES string of the molecule is CC(C)(C)c1nnnn1-c1cccc(I)c1. The molecule has 0 radical (unpaired) electrons. The molecule has 1 heterocycles. The van der Waals surface area contributed by atoms with Crippen molar-refractivity contribution < 1.29 is 0 Å². The molecule has 0 fully saturated rings. The van der Waals surface area contributed by atoms with Gasteiger partial charge in [0.25, 0.3) is 0 Å². The molecule has 1 aromatic heterocycles. The minimum atomic E-state index is -0.0647. The lowest BCUT2D eigenvalue weighted by molar-refractivity contribution is 0.526. The van der Waals surface area contributed by atoms with Crippen molar-refractivity contribution in [2.75, 3.05) is 0 Å². The maximum atomic E-state index is 4.09. The zero-order chi connectivity index (χ0) is 11.8. The molecule has 0 bridgehead atoms. The second-order valence-electron chi connectivity index (χ2n) is 4.64. The zero-order valence-electron chi connectivity index (χ0n) is 9.48. The summed E-state index contributed by atoms with van der Waals surface area (Å²) < 4.78 is 2.97. The lowest BCUT2D eigenvalue weighted by Crippen LogP contribution is -2.18. The van der Waals surface area contributed by atoms with Crippen LogP contribution in [0.3, 0.4) is 0 Å². The van der Waals surface area contributed by atoms with Gasteiger partial charge in [0.15, 0.2) is 5.82 Å². The summed E-state index contributed by atoms with van der Waals surface area (Å²) in [5, 5.41) is 11.9. The van der Waals surface area contributed by atoms with Crippen LogP contribution in [-0.4, -0.2) is 20.2 Å². The van der Waals surface area contributed by atoms with Gasteiger partial charge in [-0.25, -0.2) is 0 Å². The molecule has 16 heavy (non-hydrogen) atoms. The molecule has 0 aliphatic rings. The number of halogens is 1. The Morgan fingerprint density at radius 1 is 1.25 bits per heavy atom. The van der Waals surface area contributed by atoms with Crippen molar-refractivity contribution >= 4 is 22.6 Å². The quantitative estimate of drug-likeness (QED) is 0.756. The average Bonchev–Trinajstić information content (AvgIpc) is 2.65. The first-order valence-corrected chi connectivity index (χ1v) is 6.11. The fraction of sp³-hybridized carbons (Fsp3) is 0.364. The highest BCUT2D eigenvalue weighted by molar-refractivity contribution is 14.1. The third-order valence-electron chi connectivity index (χ3n) is 2.19. The number of benzene rings is 1. The van der Waals surface area contributed by atoms with E-state index in [1.54, 1.807) is 4.68 Å². The maximum absolute atomic E-state index is 4.09. The molecule has 84 valence electrons. The van der Waals surface area contributed by atoms with Gasteiger partial charge in [0, 0.05) is 8.99 Å². The highest BCUT2D eigenvalue weighted by Gasteiger charge is 2.22. The lowest BCUT2D eigenvalue weighted by Gasteiger charge is -2.17. The second-order valence-corrected chi connectivity index (χ2v) is 5.89. The molecule has 0 saturated heterocycles. The van der Waals surface area contributed by atoms with Crippen LogP contribution in [0.4, 0.5) is 0 Å². The van der Waals surface area contributed by atoms with Crippen molar-refractivity contribution in [3.8, 4) is 5.69 Å². The van der Waals surface area contributed by atoms with Crippen LogP contribution in [0.15, 0.2) is 24.3 Å². The van der Waals surface area contributed by atoms with Crippen molar-refractivity contribution in [1.29, 1.82) is 0 Å². The number of rotatable bonds is 1. The van der Waals surface area contributed by atoms with Crippen LogP contribution in [0, 0.1) is 3.57 Å². The molecule has 0 amide bonds. The van der Waals surface area contributed by atoms with Gasteiger partial charge in [-0.05, 0) is 51.2 Å². The molecule has 0 aliphatic heterocycles. The first-order chi connectivity index (χ1) is 7.48. The van der Waals surface area contributed by atoms with Gasteiger partial charge in [0.05, 0.1) is 5.69 Å². The third kappa shape index (κ3) is 2.23. The summed E-state index contributed by atoms with van der Waals surface area (Å²) in [7, 11) is 0. The molecule has 0 aliphatic carbocycles. The smallest absolute Gasteiger partial charge is 0.162 e. The normalized spacial score (nSPS) is 11.8. The number of aromatic nitrogens is 4. The summed E-state index contributed by atoms with van der Waals surface area (Å²) in [4.78, 5) is 0. The van der Waals surface area contributed by atoms with Gasteiger partial charge < -0.3 is 0 Å². The van der Waals surface area contributed by atoms with Gasteiger partial charge in [0.1, 0.15) is 0 Å². The fourth-order valence-corrected chi connectivity index (χ4v) is 1.96. The number of hydrogen-bond acceptors (Lipinski definition) is 3. The Kier molecular flexibility index (Phi) is 2.96. The van der Waals surface area contributed by atoms with Gasteiger partial charge in [-0.2, -0.15) is 4.68 Å². The van der Waals surface area contributed by atoms with Crippen molar-refractivity contribution in [1.82, 2.24) is 20.2 Å². The third-order valence-corrected chi connectivity index (χ3v) is 2.86.